The number of phenolic OH excluding ortho intramolecular Hbond substituents is 2. The average molecular weight is 294 g/mol. The van der Waals surface area contributed by atoms with Gasteiger partial charge in [-0.1, -0.05) is 17.7 Å². The van der Waals surface area contributed by atoms with E-state index in [4.69, 9.17) is 16.3 Å². The first-order valence-electron chi connectivity index (χ1n) is 5.68. The number of halogens is 1. The number of hydrogen-bond acceptors (Lipinski definition) is 4. The Morgan fingerprint density at radius 3 is 2.65 bits per heavy atom. The van der Waals surface area contributed by atoms with Crippen molar-refractivity contribution in [1.29, 1.82) is 0 Å². The van der Waals surface area contributed by atoms with Gasteiger partial charge in [0.2, 0.25) is 0 Å². The van der Waals surface area contributed by atoms with Crippen molar-refractivity contribution in [2.75, 3.05) is 12.4 Å². The number of hydrogen-bond donors (Lipinski definition) is 3. The lowest BCUT2D eigenvalue weighted by molar-refractivity contribution is 0.102. The van der Waals surface area contributed by atoms with Crippen molar-refractivity contribution < 1.29 is 19.7 Å². The largest absolute Gasteiger partial charge is 0.506 e. The van der Waals surface area contributed by atoms with E-state index in [2.05, 4.69) is 5.32 Å². The molecule has 2 aromatic carbocycles. The molecule has 0 spiro atoms. The molecule has 6 heteroatoms. The maximum atomic E-state index is 12.1. The van der Waals surface area contributed by atoms with Crippen molar-refractivity contribution in [2.45, 2.75) is 0 Å². The van der Waals surface area contributed by atoms with Crippen molar-refractivity contribution in [3.8, 4) is 17.2 Å². The normalized spacial score (nSPS) is 10.1. The minimum absolute atomic E-state index is 0.0751. The molecule has 2 rings (SSSR count). The van der Waals surface area contributed by atoms with Crippen LogP contribution in [0.25, 0.3) is 0 Å². The molecule has 0 saturated heterocycles. The smallest absolute Gasteiger partial charge is 0.259 e. The summed E-state index contributed by atoms with van der Waals surface area (Å²) in [6, 6.07) is 8.88. The summed E-state index contributed by atoms with van der Waals surface area (Å²) >= 11 is 5.75. The highest BCUT2D eigenvalue weighted by Crippen LogP contribution is 2.31. The number of nitrogens with one attached hydrogen (secondary N) is 1. The molecule has 0 radical (unpaired) electrons. The molecule has 1 amide bonds. The second-order valence-electron chi connectivity index (χ2n) is 3.98. The van der Waals surface area contributed by atoms with Crippen LogP contribution in [0, 0.1) is 0 Å². The zero-order valence-corrected chi connectivity index (χ0v) is 11.3. The van der Waals surface area contributed by atoms with Gasteiger partial charge in [0.1, 0.15) is 5.75 Å². The van der Waals surface area contributed by atoms with Gasteiger partial charge in [0.25, 0.3) is 5.91 Å². The van der Waals surface area contributed by atoms with Crippen molar-refractivity contribution in [2.24, 2.45) is 0 Å². The third-order valence-electron chi connectivity index (χ3n) is 2.67. The van der Waals surface area contributed by atoms with E-state index < -0.39 is 5.91 Å². The Hall–Kier alpha value is -2.40. The first-order chi connectivity index (χ1) is 9.52. The van der Waals surface area contributed by atoms with Gasteiger partial charge in [-0.2, -0.15) is 0 Å². The molecule has 0 atom stereocenters. The SMILES string of the molecule is COc1cccc(C(=O)Nc2ccc(O)c(Cl)c2)c1O. The van der Waals surface area contributed by atoms with Crippen LogP contribution in [0.15, 0.2) is 36.4 Å². The summed E-state index contributed by atoms with van der Waals surface area (Å²) in [6.45, 7) is 0. The van der Waals surface area contributed by atoms with Gasteiger partial charge in [0.15, 0.2) is 11.5 Å². The summed E-state index contributed by atoms with van der Waals surface area (Å²) < 4.78 is 4.94. The number of phenols is 2. The maximum Gasteiger partial charge on any atom is 0.259 e. The summed E-state index contributed by atoms with van der Waals surface area (Å²) in [7, 11) is 1.40. The number of aromatic hydroxyl groups is 2. The van der Waals surface area contributed by atoms with Gasteiger partial charge in [-0.15, -0.1) is 0 Å². The van der Waals surface area contributed by atoms with Gasteiger partial charge in [-0.3, -0.25) is 4.79 Å². The van der Waals surface area contributed by atoms with E-state index in [1.807, 2.05) is 0 Å². The zero-order chi connectivity index (χ0) is 14.7. The first-order valence-corrected chi connectivity index (χ1v) is 6.06. The van der Waals surface area contributed by atoms with Crippen molar-refractivity contribution in [1.82, 2.24) is 0 Å². The first kappa shape index (κ1) is 14.0. The molecular formula is C14H12ClNO4. The molecule has 5 nitrogen and oxygen atoms in total. The number of methoxy groups -OCH3 is 1. The number of anilines is 1. The Labute approximate surface area is 120 Å². The Kier molecular flexibility index (Phi) is 4.00. The number of carbonyl (C=O) groups is 1. The Bertz CT molecular complexity index is 658. The molecule has 0 aliphatic carbocycles. The van der Waals surface area contributed by atoms with Crippen LogP contribution in [-0.4, -0.2) is 23.2 Å². The van der Waals surface area contributed by atoms with Crippen molar-refractivity contribution in [3.05, 3.63) is 47.0 Å². The predicted molar refractivity (Wildman–Crippen MR) is 75.7 cm³/mol. The molecule has 2 aromatic rings. The fourth-order valence-electron chi connectivity index (χ4n) is 1.65. The summed E-state index contributed by atoms with van der Waals surface area (Å²) in [5.41, 5.74) is 0.480. The summed E-state index contributed by atoms with van der Waals surface area (Å²) in [5.74, 6) is -0.615. The van der Waals surface area contributed by atoms with Crippen LogP contribution in [0.4, 0.5) is 5.69 Å². The second kappa shape index (κ2) is 5.71. The Morgan fingerprint density at radius 1 is 1.25 bits per heavy atom. The van der Waals surface area contributed by atoms with Gasteiger partial charge in [-0.25, -0.2) is 0 Å². The molecule has 0 heterocycles. The van der Waals surface area contributed by atoms with Crippen LogP contribution >= 0.6 is 11.6 Å². The highest BCUT2D eigenvalue weighted by atomic mass is 35.5. The van der Waals surface area contributed by atoms with Crippen LogP contribution in [-0.2, 0) is 0 Å². The highest BCUT2D eigenvalue weighted by molar-refractivity contribution is 6.32. The molecule has 104 valence electrons. The van der Waals surface area contributed by atoms with E-state index in [9.17, 15) is 15.0 Å². The van der Waals surface area contributed by atoms with E-state index in [-0.39, 0.29) is 27.8 Å². The van der Waals surface area contributed by atoms with Gasteiger partial charge in [0, 0.05) is 5.69 Å². The summed E-state index contributed by atoms with van der Waals surface area (Å²) in [6.07, 6.45) is 0. The summed E-state index contributed by atoms with van der Waals surface area (Å²) in [5, 5.41) is 21.9. The molecule has 0 saturated carbocycles. The molecule has 0 bridgehead atoms. The maximum absolute atomic E-state index is 12.1. The molecule has 0 aliphatic rings. The van der Waals surface area contributed by atoms with Gasteiger partial charge in [0.05, 0.1) is 17.7 Å². The highest BCUT2D eigenvalue weighted by Gasteiger charge is 2.15. The zero-order valence-electron chi connectivity index (χ0n) is 10.6. The third kappa shape index (κ3) is 2.78. The van der Waals surface area contributed by atoms with E-state index in [0.717, 1.165) is 0 Å². The molecule has 0 fully saturated rings. The lowest BCUT2D eigenvalue weighted by Gasteiger charge is -2.10. The fourth-order valence-corrected chi connectivity index (χ4v) is 1.83. The number of ether oxygens (including phenoxy) is 1. The number of amides is 1. The Morgan fingerprint density at radius 2 is 2.00 bits per heavy atom. The van der Waals surface area contributed by atoms with Crippen LogP contribution in [0.5, 0.6) is 17.2 Å². The summed E-state index contributed by atoms with van der Waals surface area (Å²) in [4.78, 5) is 12.1. The molecule has 0 aliphatic heterocycles. The van der Waals surface area contributed by atoms with E-state index in [1.165, 1.54) is 31.4 Å². The van der Waals surface area contributed by atoms with Crippen LogP contribution in [0.3, 0.4) is 0 Å². The Balaban J connectivity index is 2.26. The molecule has 0 aromatic heterocycles. The fraction of sp³-hybridized carbons (Fsp3) is 0.0714. The molecule has 3 N–H and O–H groups in total. The van der Waals surface area contributed by atoms with Crippen LogP contribution in [0.1, 0.15) is 10.4 Å². The standard InChI is InChI=1S/C14H12ClNO4/c1-20-12-4-2-3-9(13(12)18)14(19)16-8-5-6-11(17)10(15)7-8/h2-7,17-18H,1H3,(H,16,19). The lowest BCUT2D eigenvalue weighted by Crippen LogP contribution is -2.12. The predicted octanol–water partition coefficient (Wildman–Crippen LogP) is 3.01. The average Bonchev–Trinajstić information content (AvgIpc) is 2.43. The van der Waals surface area contributed by atoms with Crippen LogP contribution < -0.4 is 10.1 Å². The number of rotatable bonds is 3. The van der Waals surface area contributed by atoms with Gasteiger partial charge < -0.3 is 20.3 Å². The van der Waals surface area contributed by atoms with E-state index >= 15 is 0 Å². The number of carbonyl (C=O) groups excluding carboxylic acids is 1. The van der Waals surface area contributed by atoms with Crippen molar-refractivity contribution >= 4 is 23.2 Å². The van der Waals surface area contributed by atoms with Gasteiger partial charge in [-0.05, 0) is 30.3 Å². The topological polar surface area (TPSA) is 78.8 Å². The second-order valence-corrected chi connectivity index (χ2v) is 4.38. The van der Waals surface area contributed by atoms with E-state index in [0.29, 0.717) is 5.69 Å². The number of benzene rings is 2. The quantitative estimate of drug-likeness (QED) is 0.760. The lowest BCUT2D eigenvalue weighted by atomic mass is 10.1. The minimum Gasteiger partial charge on any atom is -0.506 e. The van der Waals surface area contributed by atoms with E-state index in [1.54, 1.807) is 12.1 Å². The monoisotopic (exact) mass is 293 g/mol. The molecular weight excluding hydrogens is 282 g/mol. The van der Waals surface area contributed by atoms with Gasteiger partial charge >= 0.3 is 0 Å². The third-order valence-corrected chi connectivity index (χ3v) is 2.97. The minimum atomic E-state index is -0.511. The van der Waals surface area contributed by atoms with Crippen LogP contribution in [0.2, 0.25) is 5.02 Å². The molecule has 0 unspecified atom stereocenters. The van der Waals surface area contributed by atoms with Crippen molar-refractivity contribution in [3.63, 3.8) is 0 Å². The number of para-hydroxylation sites is 1. The molecule has 20 heavy (non-hydrogen) atoms.